The highest BCUT2D eigenvalue weighted by Crippen LogP contribution is 2.33. The lowest BCUT2D eigenvalue weighted by Gasteiger charge is -2.21. The number of benzene rings is 1. The number of aliphatic hydroxyl groups is 1. The zero-order chi connectivity index (χ0) is 15.3. The third-order valence-corrected chi connectivity index (χ3v) is 3.55. The first-order valence-electron chi connectivity index (χ1n) is 7.10. The van der Waals surface area contributed by atoms with Gasteiger partial charge in [0.1, 0.15) is 0 Å². The molecule has 0 saturated carbocycles. The summed E-state index contributed by atoms with van der Waals surface area (Å²) in [5.74, 6) is -0.732. The lowest BCUT2D eigenvalue weighted by atomic mass is 10.00. The topological polar surface area (TPSA) is 87.5 Å². The van der Waals surface area contributed by atoms with E-state index in [4.69, 9.17) is 15.0 Å². The van der Waals surface area contributed by atoms with Crippen LogP contribution < -0.4 is 0 Å². The number of rotatable bonds is 6. The molecule has 1 aromatic rings. The third kappa shape index (κ3) is 4.19. The van der Waals surface area contributed by atoms with Crippen LogP contribution in [0.2, 0.25) is 0 Å². The zero-order valence-corrected chi connectivity index (χ0v) is 12.3. The van der Waals surface area contributed by atoms with E-state index >= 15 is 0 Å². The molecule has 0 aliphatic carbocycles. The van der Waals surface area contributed by atoms with Gasteiger partial charge in [0, 0.05) is 4.91 Å². The van der Waals surface area contributed by atoms with E-state index in [1.165, 1.54) is 5.56 Å². The van der Waals surface area contributed by atoms with Crippen molar-refractivity contribution in [3.63, 3.8) is 0 Å². The van der Waals surface area contributed by atoms with Crippen LogP contribution in [0.15, 0.2) is 35.4 Å². The number of aliphatic hydroxyl groups excluding tert-OH is 1. The van der Waals surface area contributed by atoms with Gasteiger partial charge in [0.2, 0.25) is 0 Å². The first-order valence-corrected chi connectivity index (χ1v) is 7.10. The van der Waals surface area contributed by atoms with E-state index in [-0.39, 0.29) is 12.7 Å². The molecule has 1 aliphatic rings. The highest BCUT2D eigenvalue weighted by atomic mass is 16.8. The van der Waals surface area contributed by atoms with E-state index in [1.54, 1.807) is 0 Å². The van der Waals surface area contributed by atoms with Crippen LogP contribution in [0.4, 0.5) is 0 Å². The second-order valence-corrected chi connectivity index (χ2v) is 5.62. The lowest BCUT2D eigenvalue weighted by molar-refractivity contribution is -0.148. The fraction of sp³-hybridized carbons (Fsp3) is 0.600. The Kier molecular flexibility index (Phi) is 5.20. The summed E-state index contributed by atoms with van der Waals surface area (Å²) >= 11 is 0. The SMILES string of the molecule is CC1(C)O[C@@H]([C@@H](CO)N=[N+]=[N-])[C@@H](CCc2ccccc2)O1. The molecule has 6 nitrogen and oxygen atoms in total. The number of ether oxygens (including phenoxy) is 2. The van der Waals surface area contributed by atoms with Crippen molar-refractivity contribution in [2.24, 2.45) is 5.11 Å². The fourth-order valence-corrected chi connectivity index (χ4v) is 2.64. The van der Waals surface area contributed by atoms with Gasteiger partial charge in [0.15, 0.2) is 5.79 Å². The van der Waals surface area contributed by atoms with Crippen molar-refractivity contribution in [1.29, 1.82) is 0 Å². The molecule has 21 heavy (non-hydrogen) atoms. The molecule has 6 heteroatoms. The molecule has 114 valence electrons. The van der Waals surface area contributed by atoms with E-state index in [0.29, 0.717) is 0 Å². The summed E-state index contributed by atoms with van der Waals surface area (Å²) in [7, 11) is 0. The minimum atomic E-state index is -0.732. The first-order chi connectivity index (χ1) is 10.1. The van der Waals surface area contributed by atoms with Crippen LogP contribution in [-0.2, 0) is 15.9 Å². The van der Waals surface area contributed by atoms with Gasteiger partial charge in [-0.3, -0.25) is 0 Å². The lowest BCUT2D eigenvalue weighted by Crippen LogP contribution is -2.36. The van der Waals surface area contributed by atoms with Gasteiger partial charge in [-0.25, -0.2) is 0 Å². The Labute approximate surface area is 124 Å². The predicted molar refractivity (Wildman–Crippen MR) is 78.6 cm³/mol. The molecule has 0 radical (unpaired) electrons. The highest BCUT2D eigenvalue weighted by molar-refractivity contribution is 5.15. The Morgan fingerprint density at radius 2 is 2.05 bits per heavy atom. The summed E-state index contributed by atoms with van der Waals surface area (Å²) in [5, 5.41) is 13.0. The van der Waals surface area contributed by atoms with Crippen LogP contribution in [-0.4, -0.2) is 35.8 Å². The average molecular weight is 291 g/mol. The molecule has 1 aromatic carbocycles. The Morgan fingerprint density at radius 1 is 1.33 bits per heavy atom. The standard InChI is InChI=1S/C15H21N3O3/c1-15(2)20-13(9-8-11-6-4-3-5-7-11)14(21-15)12(10-19)17-18-16/h3-7,12-14,19H,8-10H2,1-2H3/t12-,13-,14+/m1/s1. The summed E-state index contributed by atoms with van der Waals surface area (Å²) in [4.78, 5) is 2.78. The van der Waals surface area contributed by atoms with Crippen molar-refractivity contribution >= 4 is 0 Å². The fourth-order valence-electron chi connectivity index (χ4n) is 2.64. The van der Waals surface area contributed by atoms with Crippen molar-refractivity contribution in [1.82, 2.24) is 0 Å². The van der Waals surface area contributed by atoms with Crippen LogP contribution in [0.1, 0.15) is 25.8 Å². The summed E-state index contributed by atoms with van der Waals surface area (Å²) in [6, 6.07) is 9.48. The summed E-state index contributed by atoms with van der Waals surface area (Å²) in [6.07, 6.45) is 0.957. The van der Waals surface area contributed by atoms with Gasteiger partial charge < -0.3 is 14.6 Å². The minimum absolute atomic E-state index is 0.206. The van der Waals surface area contributed by atoms with Gasteiger partial charge >= 0.3 is 0 Å². The molecule has 1 fully saturated rings. The maximum Gasteiger partial charge on any atom is 0.163 e. The number of aryl methyl sites for hydroxylation is 1. The maximum atomic E-state index is 9.39. The molecule has 0 spiro atoms. The number of azide groups is 1. The third-order valence-electron chi connectivity index (χ3n) is 3.55. The number of hydrogen-bond acceptors (Lipinski definition) is 4. The van der Waals surface area contributed by atoms with Gasteiger partial charge in [0.25, 0.3) is 0 Å². The molecule has 1 aliphatic heterocycles. The van der Waals surface area contributed by atoms with Crippen molar-refractivity contribution in [2.45, 2.75) is 50.7 Å². The Morgan fingerprint density at radius 3 is 2.67 bits per heavy atom. The largest absolute Gasteiger partial charge is 0.396 e. The van der Waals surface area contributed by atoms with Crippen LogP contribution in [0.5, 0.6) is 0 Å². The first kappa shape index (κ1) is 15.8. The van der Waals surface area contributed by atoms with Crippen molar-refractivity contribution in [3.05, 3.63) is 46.3 Å². The summed E-state index contributed by atoms with van der Waals surface area (Å²) < 4.78 is 11.7. The summed E-state index contributed by atoms with van der Waals surface area (Å²) in [6.45, 7) is 3.40. The maximum absolute atomic E-state index is 9.39. The monoisotopic (exact) mass is 291 g/mol. The predicted octanol–water partition coefficient (Wildman–Crippen LogP) is 2.81. The van der Waals surface area contributed by atoms with Gasteiger partial charge in [-0.2, -0.15) is 0 Å². The van der Waals surface area contributed by atoms with Crippen molar-refractivity contribution in [2.75, 3.05) is 6.61 Å². The molecule has 0 bridgehead atoms. The van der Waals surface area contributed by atoms with Gasteiger partial charge in [0.05, 0.1) is 24.9 Å². The molecular weight excluding hydrogens is 270 g/mol. The molecule has 0 aromatic heterocycles. The Bertz CT molecular complexity index is 500. The highest BCUT2D eigenvalue weighted by Gasteiger charge is 2.44. The molecule has 0 unspecified atom stereocenters. The molecule has 3 atom stereocenters. The molecule has 0 amide bonds. The van der Waals surface area contributed by atoms with Crippen molar-refractivity contribution in [3.8, 4) is 0 Å². The zero-order valence-electron chi connectivity index (χ0n) is 12.3. The molecule has 1 saturated heterocycles. The molecular formula is C15H21N3O3. The van der Waals surface area contributed by atoms with E-state index < -0.39 is 17.9 Å². The number of hydrogen-bond donors (Lipinski definition) is 1. The minimum Gasteiger partial charge on any atom is -0.396 e. The Balaban J connectivity index is 2.05. The second kappa shape index (κ2) is 6.91. The molecule has 1 N–H and O–H groups in total. The van der Waals surface area contributed by atoms with Gasteiger partial charge in [-0.1, -0.05) is 35.4 Å². The smallest absolute Gasteiger partial charge is 0.163 e. The molecule has 2 rings (SSSR count). The second-order valence-electron chi connectivity index (χ2n) is 5.62. The normalized spacial score (nSPS) is 25.3. The Hall–Kier alpha value is -1.59. The van der Waals surface area contributed by atoms with E-state index in [9.17, 15) is 5.11 Å². The van der Waals surface area contributed by atoms with Crippen LogP contribution in [0, 0.1) is 0 Å². The van der Waals surface area contributed by atoms with Crippen LogP contribution >= 0.6 is 0 Å². The van der Waals surface area contributed by atoms with Crippen LogP contribution in [0.25, 0.3) is 10.4 Å². The quantitative estimate of drug-likeness (QED) is 0.496. The number of nitrogens with zero attached hydrogens (tertiary/aromatic N) is 3. The summed E-state index contributed by atoms with van der Waals surface area (Å²) in [5.41, 5.74) is 9.82. The van der Waals surface area contributed by atoms with Crippen molar-refractivity contribution < 1.29 is 14.6 Å². The molecule has 1 heterocycles. The van der Waals surface area contributed by atoms with E-state index in [1.807, 2.05) is 32.0 Å². The van der Waals surface area contributed by atoms with Gasteiger partial charge in [-0.05, 0) is 37.8 Å². The van der Waals surface area contributed by atoms with Gasteiger partial charge in [-0.15, -0.1) is 0 Å². The van der Waals surface area contributed by atoms with E-state index in [0.717, 1.165) is 12.8 Å². The average Bonchev–Trinajstić information content (AvgIpc) is 2.78. The van der Waals surface area contributed by atoms with Crippen LogP contribution in [0.3, 0.4) is 0 Å². The van der Waals surface area contributed by atoms with E-state index in [2.05, 4.69) is 22.2 Å².